The zero-order valence-electron chi connectivity index (χ0n) is 16.1. The predicted molar refractivity (Wildman–Crippen MR) is 106 cm³/mol. The molecule has 1 aromatic heterocycles. The van der Waals surface area contributed by atoms with Gasteiger partial charge < -0.3 is 10.2 Å². The van der Waals surface area contributed by atoms with Crippen LogP contribution in [0.25, 0.3) is 0 Å². The van der Waals surface area contributed by atoms with Crippen molar-refractivity contribution < 1.29 is 9.59 Å². The highest BCUT2D eigenvalue weighted by molar-refractivity contribution is 5.98. The highest BCUT2D eigenvalue weighted by Gasteiger charge is 2.26. The van der Waals surface area contributed by atoms with Gasteiger partial charge in [-0.15, -0.1) is 0 Å². The first-order chi connectivity index (χ1) is 13.1. The number of nitrogens with one attached hydrogen (secondary N) is 1. The van der Waals surface area contributed by atoms with Gasteiger partial charge in [-0.2, -0.15) is 0 Å². The summed E-state index contributed by atoms with van der Waals surface area (Å²) in [6, 6.07) is 11.6. The highest BCUT2D eigenvalue weighted by Crippen LogP contribution is 2.22. The summed E-state index contributed by atoms with van der Waals surface area (Å²) in [6.45, 7) is 5.37. The smallest absolute Gasteiger partial charge is 0.270 e. The molecule has 1 aliphatic rings. The summed E-state index contributed by atoms with van der Waals surface area (Å²) in [7, 11) is 0. The molecule has 142 valence electrons. The third-order valence-corrected chi connectivity index (χ3v) is 5.17. The highest BCUT2D eigenvalue weighted by atomic mass is 16.2. The van der Waals surface area contributed by atoms with Crippen LogP contribution in [0, 0.1) is 6.92 Å². The van der Waals surface area contributed by atoms with Crippen molar-refractivity contribution in [2.24, 2.45) is 0 Å². The quantitative estimate of drug-likeness (QED) is 0.878. The van der Waals surface area contributed by atoms with Crippen molar-refractivity contribution in [1.29, 1.82) is 0 Å². The minimum absolute atomic E-state index is 0.00321. The molecule has 27 heavy (non-hydrogen) atoms. The van der Waals surface area contributed by atoms with Crippen LogP contribution in [0.3, 0.4) is 0 Å². The molecule has 0 bridgehead atoms. The zero-order valence-corrected chi connectivity index (χ0v) is 16.1. The van der Waals surface area contributed by atoms with Crippen LogP contribution in [-0.4, -0.2) is 34.3 Å². The normalized spacial score (nSPS) is 16.8. The van der Waals surface area contributed by atoms with Crippen LogP contribution in [0.5, 0.6) is 0 Å². The van der Waals surface area contributed by atoms with Gasteiger partial charge in [0.1, 0.15) is 5.69 Å². The number of hydrogen-bond acceptors (Lipinski definition) is 3. The average molecular weight is 365 g/mol. The number of nitrogens with zero attached hydrogens (tertiary/aromatic N) is 2. The molecule has 1 atom stereocenters. The van der Waals surface area contributed by atoms with Crippen LogP contribution in [0.4, 0.5) is 0 Å². The molecule has 3 rings (SSSR count). The van der Waals surface area contributed by atoms with Gasteiger partial charge in [0.15, 0.2) is 0 Å². The average Bonchev–Trinajstić information content (AvgIpc) is 2.72. The SMILES string of the molecule is CCC1CCCCN1C(=O)c1ccnc(C(=O)NCc2ccc(C)cc2)c1. The lowest BCUT2D eigenvalue weighted by molar-refractivity contribution is 0.0608. The van der Waals surface area contributed by atoms with Crippen molar-refractivity contribution in [3.05, 3.63) is 65.0 Å². The molecule has 1 aliphatic heterocycles. The third-order valence-electron chi connectivity index (χ3n) is 5.17. The molecule has 5 nitrogen and oxygen atoms in total. The van der Waals surface area contributed by atoms with Crippen molar-refractivity contribution >= 4 is 11.8 Å². The van der Waals surface area contributed by atoms with Crippen molar-refractivity contribution in [3.8, 4) is 0 Å². The topological polar surface area (TPSA) is 62.3 Å². The molecule has 2 aromatic rings. The van der Waals surface area contributed by atoms with Gasteiger partial charge in [0, 0.05) is 30.9 Å². The first-order valence-electron chi connectivity index (χ1n) is 9.69. The predicted octanol–water partition coefficient (Wildman–Crippen LogP) is 3.72. The third kappa shape index (κ3) is 4.73. The molecule has 1 aromatic carbocycles. The molecule has 1 unspecified atom stereocenters. The van der Waals surface area contributed by atoms with Crippen LogP contribution in [0.2, 0.25) is 0 Å². The Morgan fingerprint density at radius 2 is 1.96 bits per heavy atom. The number of hydrogen-bond donors (Lipinski definition) is 1. The Labute approximate surface area is 160 Å². The fourth-order valence-corrected chi connectivity index (χ4v) is 3.52. The molecular weight excluding hydrogens is 338 g/mol. The van der Waals surface area contributed by atoms with E-state index in [9.17, 15) is 9.59 Å². The van der Waals surface area contributed by atoms with Crippen molar-refractivity contribution in [1.82, 2.24) is 15.2 Å². The summed E-state index contributed by atoms with van der Waals surface area (Å²) in [4.78, 5) is 31.5. The van der Waals surface area contributed by atoms with Gasteiger partial charge in [-0.05, 0) is 50.3 Å². The van der Waals surface area contributed by atoms with Gasteiger partial charge in [-0.1, -0.05) is 36.8 Å². The molecule has 0 radical (unpaired) electrons. The van der Waals surface area contributed by atoms with E-state index in [0.717, 1.165) is 31.4 Å². The van der Waals surface area contributed by atoms with E-state index >= 15 is 0 Å². The van der Waals surface area contributed by atoms with E-state index < -0.39 is 0 Å². The summed E-state index contributed by atoms with van der Waals surface area (Å²) < 4.78 is 0. The van der Waals surface area contributed by atoms with E-state index in [2.05, 4.69) is 17.2 Å². The Morgan fingerprint density at radius 3 is 2.70 bits per heavy atom. The van der Waals surface area contributed by atoms with E-state index in [0.29, 0.717) is 18.2 Å². The standard InChI is InChI=1S/C22H27N3O2/c1-3-19-6-4-5-13-25(19)22(27)18-11-12-23-20(14-18)21(26)24-15-17-9-7-16(2)8-10-17/h7-12,14,19H,3-6,13,15H2,1-2H3,(H,24,26). The lowest BCUT2D eigenvalue weighted by Crippen LogP contribution is -2.43. The van der Waals surface area contributed by atoms with Gasteiger partial charge >= 0.3 is 0 Å². The Hall–Kier alpha value is -2.69. The van der Waals surface area contributed by atoms with E-state index in [1.807, 2.05) is 36.1 Å². The number of aromatic nitrogens is 1. The largest absolute Gasteiger partial charge is 0.347 e. The van der Waals surface area contributed by atoms with Gasteiger partial charge in [0.2, 0.25) is 0 Å². The first-order valence-corrected chi connectivity index (χ1v) is 9.69. The molecule has 0 aliphatic carbocycles. The van der Waals surface area contributed by atoms with Gasteiger partial charge in [-0.3, -0.25) is 14.6 Å². The molecule has 1 N–H and O–H groups in total. The van der Waals surface area contributed by atoms with Crippen LogP contribution in [0.15, 0.2) is 42.6 Å². The maximum Gasteiger partial charge on any atom is 0.270 e. The van der Waals surface area contributed by atoms with Crippen molar-refractivity contribution in [3.63, 3.8) is 0 Å². The first kappa shape index (κ1) is 19.1. The monoisotopic (exact) mass is 365 g/mol. The fraction of sp³-hybridized carbons (Fsp3) is 0.409. The number of benzene rings is 1. The maximum absolute atomic E-state index is 12.9. The Bertz CT molecular complexity index is 801. The lowest BCUT2D eigenvalue weighted by Gasteiger charge is -2.35. The second kappa shape index (κ2) is 8.80. The molecule has 2 amide bonds. The summed E-state index contributed by atoms with van der Waals surface area (Å²) in [5.74, 6) is -0.271. The number of carbonyl (C=O) groups excluding carboxylic acids is 2. The molecule has 1 saturated heterocycles. The van der Waals surface area contributed by atoms with Crippen molar-refractivity contribution in [2.45, 2.75) is 52.1 Å². The lowest BCUT2D eigenvalue weighted by atomic mass is 9.99. The molecule has 2 heterocycles. The van der Waals surface area contributed by atoms with Crippen molar-refractivity contribution in [2.75, 3.05) is 6.54 Å². The van der Waals surface area contributed by atoms with Crippen LogP contribution in [0.1, 0.15) is 64.6 Å². The Morgan fingerprint density at radius 1 is 1.19 bits per heavy atom. The minimum Gasteiger partial charge on any atom is -0.347 e. The number of piperidine rings is 1. The second-order valence-electron chi connectivity index (χ2n) is 7.15. The van der Waals surface area contributed by atoms with Gasteiger partial charge in [0.05, 0.1) is 0 Å². The zero-order chi connectivity index (χ0) is 19.2. The number of pyridine rings is 1. The van der Waals surface area contributed by atoms with Crippen LogP contribution in [-0.2, 0) is 6.54 Å². The number of aryl methyl sites for hydroxylation is 1. The number of carbonyl (C=O) groups is 2. The summed E-state index contributed by atoms with van der Waals surface area (Å²) in [5, 5.41) is 2.87. The summed E-state index contributed by atoms with van der Waals surface area (Å²) >= 11 is 0. The molecule has 0 saturated carbocycles. The van der Waals surface area contributed by atoms with Gasteiger partial charge in [0.25, 0.3) is 11.8 Å². The van der Waals surface area contributed by atoms with Crippen LogP contribution >= 0.6 is 0 Å². The second-order valence-corrected chi connectivity index (χ2v) is 7.15. The Balaban J connectivity index is 1.67. The minimum atomic E-state index is -0.268. The Kier molecular flexibility index (Phi) is 6.22. The number of likely N-dealkylation sites (tertiary alicyclic amines) is 1. The summed E-state index contributed by atoms with van der Waals surface area (Å²) in [5.41, 5.74) is 3.02. The molecule has 5 heteroatoms. The summed E-state index contributed by atoms with van der Waals surface area (Å²) in [6.07, 6.45) is 5.76. The number of rotatable bonds is 5. The molecule has 1 fully saturated rings. The van der Waals surface area contributed by atoms with Gasteiger partial charge in [-0.25, -0.2) is 0 Å². The maximum atomic E-state index is 12.9. The van der Waals surface area contributed by atoms with E-state index in [1.54, 1.807) is 18.3 Å². The molecule has 0 spiro atoms. The van der Waals surface area contributed by atoms with Crippen LogP contribution < -0.4 is 5.32 Å². The van der Waals surface area contributed by atoms with E-state index in [1.165, 1.54) is 12.0 Å². The molecular formula is C22H27N3O2. The fourth-order valence-electron chi connectivity index (χ4n) is 3.52. The van der Waals surface area contributed by atoms with E-state index in [4.69, 9.17) is 0 Å². The van der Waals surface area contributed by atoms with E-state index in [-0.39, 0.29) is 17.5 Å². The number of amides is 2.